The number of amides is 2. The van der Waals surface area contributed by atoms with Gasteiger partial charge in [0.15, 0.2) is 5.69 Å². The van der Waals surface area contributed by atoms with E-state index in [-0.39, 0.29) is 42.8 Å². The second kappa shape index (κ2) is 12.3. The normalized spacial score (nSPS) is 11.1. The van der Waals surface area contributed by atoms with Gasteiger partial charge in [0, 0.05) is 32.1 Å². The second-order valence-corrected chi connectivity index (χ2v) is 7.29. The number of anilines is 2. The molecule has 0 aliphatic heterocycles. The van der Waals surface area contributed by atoms with Gasteiger partial charge in [0.25, 0.3) is 5.56 Å². The van der Waals surface area contributed by atoms with Crippen molar-refractivity contribution >= 4 is 29.4 Å². The number of aromatic nitrogens is 2. The summed E-state index contributed by atoms with van der Waals surface area (Å²) >= 11 is 0. The van der Waals surface area contributed by atoms with Crippen molar-refractivity contribution in [1.82, 2.24) is 14.9 Å². The maximum atomic E-state index is 12.9. The first-order valence-corrected chi connectivity index (χ1v) is 10.8. The molecule has 0 saturated carbocycles. The molecule has 10 nitrogen and oxygen atoms in total. The van der Waals surface area contributed by atoms with Crippen LogP contribution in [0.15, 0.2) is 38.5 Å². The summed E-state index contributed by atoms with van der Waals surface area (Å²) in [6.07, 6.45) is 7.29. The summed E-state index contributed by atoms with van der Waals surface area (Å²) in [5.41, 5.74) is 4.84. The van der Waals surface area contributed by atoms with Crippen LogP contribution in [0.3, 0.4) is 0 Å². The number of carbonyl (C=O) groups is 2. The van der Waals surface area contributed by atoms with E-state index in [1.165, 1.54) is 27.9 Å². The highest BCUT2D eigenvalue weighted by molar-refractivity contribution is 5.96. The standard InChI is InChI=1S/C22H31N5O5/c1-3-5-13-26(19-20(23)27(14-6-4-2)22(31)25-21(19)30)18(29)11-12-24-17(28)10-9-16-8-7-15-32-16/h7-10,15H,3-6,11-14,23H2,1-2H3,(H,24,28)(H,25,30,31)/b10-9+. The molecule has 4 N–H and O–H groups in total. The first-order chi connectivity index (χ1) is 15.4. The molecule has 0 radical (unpaired) electrons. The Hall–Kier alpha value is -3.56. The van der Waals surface area contributed by atoms with Gasteiger partial charge < -0.3 is 20.4 Å². The number of carbonyl (C=O) groups excluding carboxylic acids is 2. The topological polar surface area (TPSA) is 143 Å². The summed E-state index contributed by atoms with van der Waals surface area (Å²) in [6.45, 7) is 4.64. The van der Waals surface area contributed by atoms with Crippen LogP contribution in [0, 0.1) is 0 Å². The van der Waals surface area contributed by atoms with Gasteiger partial charge in [-0.05, 0) is 31.1 Å². The lowest BCUT2D eigenvalue weighted by Crippen LogP contribution is -2.42. The molecule has 0 saturated heterocycles. The lowest BCUT2D eigenvalue weighted by Gasteiger charge is -2.24. The van der Waals surface area contributed by atoms with Crippen molar-refractivity contribution in [3.8, 4) is 0 Å². The molecular formula is C22H31N5O5. The molecule has 0 aromatic carbocycles. The van der Waals surface area contributed by atoms with E-state index < -0.39 is 11.2 Å². The van der Waals surface area contributed by atoms with Gasteiger partial charge >= 0.3 is 5.69 Å². The Morgan fingerprint density at radius 2 is 2.00 bits per heavy atom. The van der Waals surface area contributed by atoms with Crippen molar-refractivity contribution < 1.29 is 14.0 Å². The summed E-state index contributed by atoms with van der Waals surface area (Å²) in [7, 11) is 0. The number of rotatable bonds is 12. The number of H-pyrrole nitrogens is 1. The number of nitrogens with zero attached hydrogens (tertiary/aromatic N) is 2. The van der Waals surface area contributed by atoms with Crippen LogP contribution in [0.25, 0.3) is 6.08 Å². The third-order valence-corrected chi connectivity index (χ3v) is 4.84. The molecule has 0 spiro atoms. The van der Waals surface area contributed by atoms with Crippen molar-refractivity contribution in [3.63, 3.8) is 0 Å². The fourth-order valence-corrected chi connectivity index (χ4v) is 3.08. The first-order valence-electron chi connectivity index (χ1n) is 10.8. The van der Waals surface area contributed by atoms with Gasteiger partial charge in [-0.15, -0.1) is 0 Å². The highest BCUT2D eigenvalue weighted by atomic mass is 16.3. The lowest BCUT2D eigenvalue weighted by atomic mass is 10.2. The number of furan rings is 1. The Kier molecular flexibility index (Phi) is 9.52. The van der Waals surface area contributed by atoms with Crippen LogP contribution in [0.1, 0.15) is 51.7 Å². The van der Waals surface area contributed by atoms with E-state index in [4.69, 9.17) is 10.2 Å². The fraction of sp³-hybridized carbons (Fsp3) is 0.455. The maximum Gasteiger partial charge on any atom is 0.330 e. The third kappa shape index (κ3) is 6.73. The average molecular weight is 446 g/mol. The van der Waals surface area contributed by atoms with Gasteiger partial charge in [-0.1, -0.05) is 26.7 Å². The zero-order valence-electron chi connectivity index (χ0n) is 18.6. The van der Waals surface area contributed by atoms with Gasteiger partial charge in [-0.3, -0.25) is 23.9 Å². The predicted molar refractivity (Wildman–Crippen MR) is 123 cm³/mol. The summed E-state index contributed by atoms with van der Waals surface area (Å²) in [5, 5.41) is 2.63. The molecule has 2 rings (SSSR count). The molecule has 10 heteroatoms. The minimum Gasteiger partial charge on any atom is -0.465 e. The van der Waals surface area contributed by atoms with Crippen molar-refractivity contribution in [3.05, 3.63) is 51.1 Å². The fourth-order valence-electron chi connectivity index (χ4n) is 3.08. The summed E-state index contributed by atoms with van der Waals surface area (Å²) < 4.78 is 6.40. The van der Waals surface area contributed by atoms with Crippen LogP contribution in [0.2, 0.25) is 0 Å². The molecule has 32 heavy (non-hydrogen) atoms. The van der Waals surface area contributed by atoms with Crippen molar-refractivity contribution in [1.29, 1.82) is 0 Å². The van der Waals surface area contributed by atoms with E-state index >= 15 is 0 Å². The lowest BCUT2D eigenvalue weighted by molar-refractivity contribution is -0.119. The minimum atomic E-state index is -0.699. The van der Waals surface area contributed by atoms with E-state index in [0.717, 1.165) is 12.8 Å². The monoisotopic (exact) mass is 445 g/mol. The van der Waals surface area contributed by atoms with E-state index in [1.807, 2.05) is 13.8 Å². The van der Waals surface area contributed by atoms with Gasteiger partial charge in [0.05, 0.1) is 6.26 Å². The number of hydrogen-bond donors (Lipinski definition) is 3. The Balaban J connectivity index is 2.13. The van der Waals surface area contributed by atoms with Crippen LogP contribution in [0.5, 0.6) is 0 Å². The summed E-state index contributed by atoms with van der Waals surface area (Å²) in [6, 6.07) is 3.42. The van der Waals surface area contributed by atoms with Crippen LogP contribution < -0.4 is 27.2 Å². The third-order valence-electron chi connectivity index (χ3n) is 4.84. The quantitative estimate of drug-likeness (QED) is 0.426. The molecule has 0 atom stereocenters. The molecule has 0 unspecified atom stereocenters. The SMILES string of the molecule is CCCCN(C(=O)CCNC(=O)/C=C/c1ccco1)c1c(N)n(CCCC)c(=O)[nH]c1=O. The summed E-state index contributed by atoms with van der Waals surface area (Å²) in [4.78, 5) is 53.2. The van der Waals surface area contributed by atoms with E-state index in [9.17, 15) is 19.2 Å². The molecule has 2 amide bonds. The van der Waals surface area contributed by atoms with E-state index in [0.29, 0.717) is 25.1 Å². The number of nitrogens with two attached hydrogens (primary N) is 1. The van der Waals surface area contributed by atoms with Gasteiger partial charge in [-0.25, -0.2) is 4.79 Å². The second-order valence-electron chi connectivity index (χ2n) is 7.29. The van der Waals surface area contributed by atoms with Gasteiger partial charge in [0.1, 0.15) is 11.6 Å². The number of hydrogen-bond acceptors (Lipinski definition) is 6. The minimum absolute atomic E-state index is 0.0248. The maximum absolute atomic E-state index is 12.9. The van der Waals surface area contributed by atoms with Crippen molar-refractivity contribution in [2.45, 2.75) is 52.5 Å². The molecule has 174 valence electrons. The highest BCUT2D eigenvalue weighted by Gasteiger charge is 2.23. The number of nitrogens with one attached hydrogen (secondary N) is 2. The van der Waals surface area contributed by atoms with Crippen LogP contribution in [-0.2, 0) is 16.1 Å². The zero-order chi connectivity index (χ0) is 23.5. The molecule has 0 aliphatic rings. The predicted octanol–water partition coefficient (Wildman–Crippen LogP) is 1.86. The van der Waals surface area contributed by atoms with E-state index in [2.05, 4.69) is 10.3 Å². The van der Waals surface area contributed by atoms with Gasteiger partial charge in [-0.2, -0.15) is 0 Å². The van der Waals surface area contributed by atoms with Gasteiger partial charge in [0.2, 0.25) is 11.8 Å². The Labute approximate surface area is 186 Å². The molecule has 0 fully saturated rings. The number of aromatic amines is 1. The van der Waals surface area contributed by atoms with E-state index in [1.54, 1.807) is 12.1 Å². The molecular weight excluding hydrogens is 414 g/mol. The molecule has 2 aromatic rings. The largest absolute Gasteiger partial charge is 0.465 e. The molecule has 2 heterocycles. The number of unbranched alkanes of at least 4 members (excludes halogenated alkanes) is 2. The number of nitrogen functional groups attached to an aromatic ring is 1. The van der Waals surface area contributed by atoms with Crippen LogP contribution in [0.4, 0.5) is 11.5 Å². The first kappa shape index (κ1) is 24.7. The molecule has 2 aromatic heterocycles. The Morgan fingerprint density at radius 3 is 2.66 bits per heavy atom. The Morgan fingerprint density at radius 1 is 1.25 bits per heavy atom. The Bertz CT molecular complexity index is 1040. The summed E-state index contributed by atoms with van der Waals surface area (Å²) in [5.74, 6) is -0.233. The smallest absolute Gasteiger partial charge is 0.330 e. The zero-order valence-corrected chi connectivity index (χ0v) is 18.6. The molecule has 0 aliphatic carbocycles. The van der Waals surface area contributed by atoms with Crippen LogP contribution in [-0.4, -0.2) is 34.5 Å². The average Bonchev–Trinajstić information content (AvgIpc) is 3.28. The highest BCUT2D eigenvalue weighted by Crippen LogP contribution is 2.19. The van der Waals surface area contributed by atoms with Crippen molar-refractivity contribution in [2.75, 3.05) is 23.7 Å². The van der Waals surface area contributed by atoms with Crippen molar-refractivity contribution in [2.24, 2.45) is 0 Å². The molecule has 0 bridgehead atoms. The van der Waals surface area contributed by atoms with Crippen LogP contribution >= 0.6 is 0 Å².